The van der Waals surface area contributed by atoms with Gasteiger partial charge in [0, 0.05) is 0 Å². The monoisotopic (exact) mass is 276 g/mol. The molecule has 0 aliphatic carbocycles. The second-order valence-electron chi connectivity index (χ2n) is 3.27. The Bertz CT molecular complexity index is 177. The summed E-state index contributed by atoms with van der Waals surface area (Å²) < 4.78 is 1.42. The first-order chi connectivity index (χ1) is 6.76. The Morgan fingerprint density at radius 1 is 1.36 bits per heavy atom. The Morgan fingerprint density at radius 3 is 2.36 bits per heavy atom. The van der Waals surface area contributed by atoms with Crippen LogP contribution in [0.25, 0.3) is 0 Å². The average Bonchev–Trinajstić information content (AvgIpc) is 2.18. The molecule has 0 aromatic carbocycles. The summed E-state index contributed by atoms with van der Waals surface area (Å²) in [6.07, 6.45) is 8.65. The second kappa shape index (κ2) is 9.76. The van der Waals surface area contributed by atoms with Crippen LogP contribution in [0.5, 0.6) is 0 Å². The Labute approximate surface area is 101 Å². The van der Waals surface area contributed by atoms with Gasteiger partial charge in [-0.3, -0.25) is 0 Å². The van der Waals surface area contributed by atoms with E-state index in [1.54, 1.807) is 0 Å². The number of unbranched alkanes of at least 4 members (excludes halogenated alkanes) is 1. The zero-order valence-corrected chi connectivity index (χ0v) is 11.5. The number of hydrogen-bond donors (Lipinski definition) is 0. The fourth-order valence-electron chi connectivity index (χ4n) is 1.13. The summed E-state index contributed by atoms with van der Waals surface area (Å²) in [5.74, 6) is 1.82. The zero-order valence-electron chi connectivity index (χ0n) is 9.00. The molecule has 0 unspecified atom stereocenters. The van der Waals surface area contributed by atoms with E-state index in [1.165, 1.54) is 22.3 Å². The van der Waals surface area contributed by atoms with Crippen molar-refractivity contribution in [2.75, 3.05) is 5.75 Å². The van der Waals surface area contributed by atoms with Gasteiger partial charge in [0.25, 0.3) is 0 Å². The number of rotatable bonds is 9. The summed E-state index contributed by atoms with van der Waals surface area (Å²) in [7, 11) is 0. The molecular weight excluding hydrogens is 255 g/mol. The van der Waals surface area contributed by atoms with Gasteiger partial charge in [0.2, 0.25) is 0 Å². The molecule has 0 saturated carbocycles. The molecule has 0 nitrogen and oxygen atoms in total. The van der Waals surface area contributed by atoms with Gasteiger partial charge in [-0.25, -0.2) is 0 Å². The van der Waals surface area contributed by atoms with Gasteiger partial charge in [0.1, 0.15) is 0 Å². The third kappa shape index (κ3) is 6.64. The van der Waals surface area contributed by atoms with Gasteiger partial charge >= 0.3 is 101 Å². The van der Waals surface area contributed by atoms with Gasteiger partial charge in [-0.2, -0.15) is 0 Å². The van der Waals surface area contributed by atoms with Crippen molar-refractivity contribution >= 4 is 31.1 Å². The Morgan fingerprint density at radius 2 is 1.93 bits per heavy atom. The third-order valence-corrected chi connectivity index (χ3v) is 4.53. The van der Waals surface area contributed by atoms with Crippen molar-refractivity contribution in [1.29, 1.82) is 0 Å². The van der Waals surface area contributed by atoms with Gasteiger partial charge in [0.15, 0.2) is 0 Å². The van der Waals surface area contributed by atoms with Crippen molar-refractivity contribution in [2.45, 2.75) is 32.6 Å². The van der Waals surface area contributed by atoms with Crippen LogP contribution in [0.15, 0.2) is 25.3 Å². The Balaban J connectivity index is 3.87. The first-order valence-electron chi connectivity index (χ1n) is 5.14. The molecule has 0 rings (SSSR count). The molecule has 0 aliphatic heterocycles. The standard InChI is InChI=1S/C12H20SSe/c1-4-7-10-13-12(14)11(8-5-2)9-6-3/h5-6,11H,2-4,7-10H2,1H3. The van der Waals surface area contributed by atoms with Crippen molar-refractivity contribution in [3.8, 4) is 0 Å². The summed E-state index contributed by atoms with van der Waals surface area (Å²) >= 11 is 5.14. The van der Waals surface area contributed by atoms with Gasteiger partial charge in [0.05, 0.1) is 0 Å². The Hall–Kier alpha value is 0.219. The second-order valence-corrected chi connectivity index (χ2v) is 5.91. The first kappa shape index (κ1) is 14.2. The summed E-state index contributed by atoms with van der Waals surface area (Å²) in [5.41, 5.74) is 0. The minimum atomic E-state index is 0.590. The third-order valence-electron chi connectivity index (χ3n) is 1.98. The molecule has 0 spiro atoms. The molecule has 2 heteroatoms. The van der Waals surface area contributed by atoms with Crippen LogP contribution in [0.1, 0.15) is 32.6 Å². The van der Waals surface area contributed by atoms with E-state index in [-0.39, 0.29) is 0 Å². The molecule has 0 amide bonds. The maximum absolute atomic E-state index is 3.79. The molecule has 0 saturated heterocycles. The van der Waals surface area contributed by atoms with Gasteiger partial charge in [-0.05, 0) is 0 Å². The summed E-state index contributed by atoms with van der Waals surface area (Å²) in [6.45, 7) is 9.81. The van der Waals surface area contributed by atoms with Crippen LogP contribution < -0.4 is 0 Å². The van der Waals surface area contributed by atoms with Crippen molar-refractivity contribution in [3.05, 3.63) is 25.3 Å². The van der Waals surface area contributed by atoms with Crippen LogP contribution in [0.3, 0.4) is 0 Å². The van der Waals surface area contributed by atoms with Crippen molar-refractivity contribution < 1.29 is 0 Å². The van der Waals surface area contributed by atoms with Crippen LogP contribution in [-0.2, 0) is 0 Å². The summed E-state index contributed by atoms with van der Waals surface area (Å²) in [6, 6.07) is 0. The molecule has 80 valence electrons. The molecule has 0 radical (unpaired) electrons. The number of thioether (sulfide) groups is 1. The van der Waals surface area contributed by atoms with Crippen LogP contribution in [0, 0.1) is 5.92 Å². The molecule has 0 bridgehead atoms. The molecule has 0 fully saturated rings. The summed E-state index contributed by atoms with van der Waals surface area (Å²) in [5, 5.41) is 0. The van der Waals surface area contributed by atoms with Crippen molar-refractivity contribution in [3.63, 3.8) is 0 Å². The predicted molar refractivity (Wildman–Crippen MR) is 71.2 cm³/mol. The Kier molecular flexibility index (Phi) is 9.92. The van der Waals surface area contributed by atoms with Crippen LogP contribution >= 0.6 is 11.8 Å². The van der Waals surface area contributed by atoms with E-state index in [9.17, 15) is 0 Å². The van der Waals surface area contributed by atoms with E-state index < -0.39 is 0 Å². The SMILES string of the molecule is C=CCC(CC=C)C(=[Se])SCCCC. The van der Waals surface area contributed by atoms with E-state index >= 15 is 0 Å². The molecule has 0 aromatic heterocycles. The summed E-state index contributed by atoms with van der Waals surface area (Å²) in [4.78, 5) is 0. The molecule has 0 atom stereocenters. The van der Waals surface area contributed by atoms with Crippen LogP contribution in [0.2, 0.25) is 0 Å². The molecule has 0 aromatic rings. The number of allylic oxidation sites excluding steroid dienone is 2. The van der Waals surface area contributed by atoms with Gasteiger partial charge in [-0.15, -0.1) is 0 Å². The van der Waals surface area contributed by atoms with E-state index in [2.05, 4.69) is 35.7 Å². The zero-order chi connectivity index (χ0) is 10.8. The molecular formula is C12H20SSe. The first-order valence-corrected chi connectivity index (χ1v) is 6.98. The molecule has 14 heavy (non-hydrogen) atoms. The van der Waals surface area contributed by atoms with Crippen molar-refractivity contribution in [1.82, 2.24) is 0 Å². The molecule has 0 heterocycles. The van der Waals surface area contributed by atoms with Gasteiger partial charge < -0.3 is 0 Å². The number of hydrogen-bond acceptors (Lipinski definition) is 1. The van der Waals surface area contributed by atoms with E-state index in [1.807, 2.05) is 23.9 Å². The van der Waals surface area contributed by atoms with E-state index in [0.29, 0.717) is 5.92 Å². The van der Waals surface area contributed by atoms with E-state index in [0.717, 1.165) is 12.8 Å². The van der Waals surface area contributed by atoms with E-state index in [4.69, 9.17) is 0 Å². The minimum absolute atomic E-state index is 0.590. The van der Waals surface area contributed by atoms with Gasteiger partial charge in [-0.1, -0.05) is 0 Å². The van der Waals surface area contributed by atoms with Crippen LogP contribution in [-0.4, -0.2) is 25.1 Å². The predicted octanol–water partition coefficient (Wildman–Crippen LogP) is 3.59. The maximum atomic E-state index is 3.79. The fourth-order valence-corrected chi connectivity index (χ4v) is 3.12. The average molecular weight is 275 g/mol. The molecule has 0 N–H and O–H groups in total. The molecule has 0 aliphatic rings. The quantitative estimate of drug-likeness (QED) is 0.352. The fraction of sp³-hybridized carbons (Fsp3) is 0.583. The normalized spacial score (nSPS) is 10.1. The van der Waals surface area contributed by atoms with Crippen LogP contribution in [0.4, 0.5) is 0 Å². The van der Waals surface area contributed by atoms with Crippen molar-refractivity contribution in [2.24, 2.45) is 5.92 Å². The topological polar surface area (TPSA) is 0 Å².